The van der Waals surface area contributed by atoms with Crippen molar-refractivity contribution >= 4 is 46.0 Å². The van der Waals surface area contributed by atoms with Gasteiger partial charge in [-0.2, -0.15) is 0 Å². The zero-order chi connectivity index (χ0) is 21.6. The van der Waals surface area contributed by atoms with Crippen LogP contribution in [0.15, 0.2) is 36.4 Å². The average Bonchev–Trinajstić information content (AvgIpc) is 3.04. The van der Waals surface area contributed by atoms with Crippen LogP contribution in [-0.2, 0) is 15.1 Å². The standard InChI is InChI=1S/C22H20Cl2N2O4/c1-11(21(28)29)13-3-5-14(6-4-13)22(9-30-10-22)26-20(27)19-12(2)17-16(25-19)8-7-15(23)18(17)24/h3-8,11,25H,9-10H2,1-2H3,(H,26,27)(H,28,29)/t11-/m1/s1. The number of ether oxygens (including phenoxy) is 1. The Hall–Kier alpha value is -2.54. The third kappa shape index (κ3) is 3.35. The summed E-state index contributed by atoms with van der Waals surface area (Å²) in [6, 6.07) is 10.7. The molecule has 1 aromatic heterocycles. The minimum atomic E-state index is -0.884. The van der Waals surface area contributed by atoms with Crippen molar-refractivity contribution in [3.8, 4) is 0 Å². The van der Waals surface area contributed by atoms with Crippen molar-refractivity contribution in [3.05, 3.63) is 68.8 Å². The number of carbonyl (C=O) groups excluding carboxylic acids is 1. The first-order chi connectivity index (χ1) is 14.2. The van der Waals surface area contributed by atoms with Gasteiger partial charge in [0.15, 0.2) is 0 Å². The third-order valence-corrected chi connectivity index (χ3v) is 6.52. The number of amides is 1. The summed E-state index contributed by atoms with van der Waals surface area (Å²) in [5, 5.41) is 13.8. The zero-order valence-electron chi connectivity index (χ0n) is 16.4. The largest absolute Gasteiger partial charge is 0.481 e. The van der Waals surface area contributed by atoms with Crippen molar-refractivity contribution in [3.63, 3.8) is 0 Å². The molecular formula is C22H20Cl2N2O4. The van der Waals surface area contributed by atoms with Crippen LogP contribution in [0.25, 0.3) is 10.9 Å². The van der Waals surface area contributed by atoms with Crippen LogP contribution in [0.5, 0.6) is 0 Å². The third-order valence-electron chi connectivity index (χ3n) is 5.71. The quantitative estimate of drug-likeness (QED) is 0.532. The number of aryl methyl sites for hydroxylation is 1. The molecule has 3 aromatic rings. The van der Waals surface area contributed by atoms with Crippen LogP contribution < -0.4 is 5.32 Å². The number of benzene rings is 2. The molecule has 1 atom stereocenters. The highest BCUT2D eigenvalue weighted by Gasteiger charge is 2.42. The van der Waals surface area contributed by atoms with Gasteiger partial charge in [0.05, 0.1) is 29.2 Å². The van der Waals surface area contributed by atoms with E-state index in [2.05, 4.69) is 10.3 Å². The molecule has 0 radical (unpaired) electrons. The Morgan fingerprint density at radius 2 is 1.83 bits per heavy atom. The molecule has 0 bridgehead atoms. The van der Waals surface area contributed by atoms with Gasteiger partial charge in [-0.25, -0.2) is 0 Å². The summed E-state index contributed by atoms with van der Waals surface area (Å²) in [6.45, 7) is 4.12. The summed E-state index contributed by atoms with van der Waals surface area (Å²) in [7, 11) is 0. The number of aliphatic carboxylic acids is 1. The first kappa shape index (κ1) is 20.7. The van der Waals surface area contributed by atoms with E-state index in [-0.39, 0.29) is 5.91 Å². The van der Waals surface area contributed by atoms with E-state index in [9.17, 15) is 14.7 Å². The molecule has 1 aliphatic heterocycles. The molecule has 0 saturated carbocycles. The lowest BCUT2D eigenvalue weighted by Crippen LogP contribution is -2.59. The Bertz CT molecular complexity index is 1150. The van der Waals surface area contributed by atoms with Crippen LogP contribution in [0.2, 0.25) is 10.0 Å². The van der Waals surface area contributed by atoms with Gasteiger partial charge in [0.1, 0.15) is 11.2 Å². The Kier molecular flexibility index (Phi) is 5.26. The van der Waals surface area contributed by atoms with Gasteiger partial charge in [-0.1, -0.05) is 47.5 Å². The Labute approximate surface area is 183 Å². The summed E-state index contributed by atoms with van der Waals surface area (Å²) >= 11 is 12.5. The SMILES string of the molecule is Cc1c(C(=O)NC2(c3ccc([C@@H](C)C(=O)O)cc3)COC2)[nH]c2ccc(Cl)c(Cl)c12. The maximum atomic E-state index is 13.1. The van der Waals surface area contributed by atoms with Gasteiger partial charge in [0.2, 0.25) is 0 Å². The first-order valence-electron chi connectivity index (χ1n) is 9.43. The summed E-state index contributed by atoms with van der Waals surface area (Å²) in [5.74, 6) is -1.76. The molecule has 1 fully saturated rings. The van der Waals surface area contributed by atoms with Gasteiger partial charge in [0.25, 0.3) is 5.91 Å². The van der Waals surface area contributed by atoms with Gasteiger partial charge < -0.3 is 20.1 Å². The normalized spacial score (nSPS) is 16.1. The summed E-state index contributed by atoms with van der Waals surface area (Å²) in [5.41, 5.74) is 2.75. The molecule has 2 aromatic carbocycles. The maximum Gasteiger partial charge on any atom is 0.310 e. The lowest BCUT2D eigenvalue weighted by molar-refractivity contribution is -0.138. The average molecular weight is 447 g/mol. The van der Waals surface area contributed by atoms with Crippen molar-refractivity contribution in [2.75, 3.05) is 13.2 Å². The van der Waals surface area contributed by atoms with E-state index in [1.165, 1.54) is 0 Å². The molecule has 30 heavy (non-hydrogen) atoms. The van der Waals surface area contributed by atoms with Crippen LogP contribution in [0, 0.1) is 6.92 Å². The molecule has 4 rings (SSSR count). The van der Waals surface area contributed by atoms with Gasteiger partial charge in [0, 0.05) is 10.9 Å². The topological polar surface area (TPSA) is 91.4 Å². The molecule has 156 valence electrons. The molecule has 1 amide bonds. The first-order valence-corrected chi connectivity index (χ1v) is 10.2. The van der Waals surface area contributed by atoms with Crippen molar-refractivity contribution in [1.29, 1.82) is 0 Å². The second kappa shape index (κ2) is 7.61. The fourth-order valence-corrected chi connectivity index (χ4v) is 4.20. The molecule has 6 nitrogen and oxygen atoms in total. The van der Waals surface area contributed by atoms with E-state index in [0.717, 1.165) is 22.0 Å². The van der Waals surface area contributed by atoms with Gasteiger partial charge >= 0.3 is 5.97 Å². The monoisotopic (exact) mass is 446 g/mol. The number of hydrogen-bond acceptors (Lipinski definition) is 3. The fourth-order valence-electron chi connectivity index (χ4n) is 3.73. The van der Waals surface area contributed by atoms with Crippen LogP contribution in [0.1, 0.15) is 40.0 Å². The lowest BCUT2D eigenvalue weighted by atomic mass is 9.86. The fraction of sp³-hybridized carbons (Fsp3) is 0.273. The number of fused-ring (bicyclic) bond motifs is 1. The van der Waals surface area contributed by atoms with E-state index in [1.807, 2.05) is 19.1 Å². The van der Waals surface area contributed by atoms with E-state index >= 15 is 0 Å². The molecule has 2 heterocycles. The highest BCUT2D eigenvalue weighted by atomic mass is 35.5. The molecule has 0 spiro atoms. The maximum absolute atomic E-state index is 13.1. The number of carboxylic acids is 1. The predicted molar refractivity (Wildman–Crippen MR) is 116 cm³/mol. The van der Waals surface area contributed by atoms with Gasteiger partial charge in [-0.15, -0.1) is 0 Å². The molecule has 1 aliphatic rings. The van der Waals surface area contributed by atoms with Crippen LogP contribution in [0.3, 0.4) is 0 Å². The van der Waals surface area contributed by atoms with E-state index in [1.54, 1.807) is 31.2 Å². The van der Waals surface area contributed by atoms with Crippen LogP contribution in [0.4, 0.5) is 0 Å². The van der Waals surface area contributed by atoms with E-state index < -0.39 is 17.4 Å². The molecule has 0 unspecified atom stereocenters. The molecular weight excluding hydrogens is 427 g/mol. The van der Waals surface area contributed by atoms with Crippen molar-refractivity contribution in [2.45, 2.75) is 25.3 Å². The number of carboxylic acid groups (broad SMARTS) is 1. The van der Waals surface area contributed by atoms with E-state index in [4.69, 9.17) is 27.9 Å². The smallest absolute Gasteiger partial charge is 0.310 e. The highest BCUT2D eigenvalue weighted by molar-refractivity contribution is 6.45. The number of rotatable bonds is 5. The molecule has 8 heteroatoms. The Morgan fingerprint density at radius 1 is 1.17 bits per heavy atom. The second-order valence-electron chi connectivity index (χ2n) is 7.62. The number of aromatic amines is 1. The zero-order valence-corrected chi connectivity index (χ0v) is 17.9. The van der Waals surface area contributed by atoms with Crippen LogP contribution in [-0.4, -0.2) is 35.2 Å². The summed E-state index contributed by atoms with van der Waals surface area (Å²) in [6.07, 6.45) is 0. The highest BCUT2D eigenvalue weighted by Crippen LogP contribution is 2.35. The number of hydrogen-bond donors (Lipinski definition) is 3. The number of aromatic nitrogens is 1. The van der Waals surface area contributed by atoms with Gasteiger partial charge in [-0.05, 0) is 42.7 Å². The Morgan fingerprint density at radius 3 is 2.40 bits per heavy atom. The lowest BCUT2D eigenvalue weighted by Gasteiger charge is -2.42. The van der Waals surface area contributed by atoms with E-state index in [0.29, 0.717) is 34.5 Å². The van der Waals surface area contributed by atoms with Crippen molar-refractivity contribution < 1.29 is 19.4 Å². The number of nitrogens with one attached hydrogen (secondary N) is 2. The number of halogens is 2. The molecule has 3 N–H and O–H groups in total. The van der Waals surface area contributed by atoms with Crippen LogP contribution >= 0.6 is 23.2 Å². The molecule has 1 saturated heterocycles. The molecule has 0 aliphatic carbocycles. The summed E-state index contributed by atoms with van der Waals surface area (Å²) < 4.78 is 5.41. The van der Waals surface area contributed by atoms with Crippen molar-refractivity contribution in [2.24, 2.45) is 0 Å². The minimum absolute atomic E-state index is 0.276. The number of carbonyl (C=O) groups is 2. The number of H-pyrrole nitrogens is 1. The second-order valence-corrected chi connectivity index (χ2v) is 8.41. The van der Waals surface area contributed by atoms with Gasteiger partial charge in [-0.3, -0.25) is 9.59 Å². The predicted octanol–water partition coefficient (Wildman–Crippen LogP) is 4.63. The minimum Gasteiger partial charge on any atom is -0.481 e. The van der Waals surface area contributed by atoms with Crippen molar-refractivity contribution in [1.82, 2.24) is 10.3 Å². The Balaban J connectivity index is 1.63. The summed E-state index contributed by atoms with van der Waals surface area (Å²) in [4.78, 5) is 27.5.